The van der Waals surface area contributed by atoms with Crippen LogP contribution in [0.15, 0.2) is 0 Å². The Hall–Kier alpha value is -0.120. The third-order valence-electron chi connectivity index (χ3n) is 3.40. The number of nitrogens with one attached hydrogen (secondary N) is 1. The monoisotopic (exact) mass is 257 g/mol. The second-order valence-electron chi connectivity index (χ2n) is 5.43. The second kappa shape index (κ2) is 11.9. The lowest BCUT2D eigenvalue weighted by molar-refractivity contribution is 0.182. The summed E-state index contributed by atoms with van der Waals surface area (Å²) in [5, 5.41) is 3.58. The molecule has 18 heavy (non-hydrogen) atoms. The summed E-state index contributed by atoms with van der Waals surface area (Å²) in [4.78, 5) is 4.92. The minimum atomic E-state index is 0.716. The van der Waals surface area contributed by atoms with E-state index in [4.69, 9.17) is 0 Å². The summed E-state index contributed by atoms with van der Waals surface area (Å²) < 4.78 is 0. The van der Waals surface area contributed by atoms with Crippen LogP contribution in [0.4, 0.5) is 0 Å². The van der Waals surface area contributed by atoms with Gasteiger partial charge in [0.25, 0.3) is 0 Å². The van der Waals surface area contributed by atoms with Gasteiger partial charge in [0.15, 0.2) is 0 Å². The first-order valence-corrected chi connectivity index (χ1v) is 7.75. The van der Waals surface area contributed by atoms with Gasteiger partial charge in [-0.2, -0.15) is 0 Å². The summed E-state index contributed by atoms with van der Waals surface area (Å²) >= 11 is 0. The zero-order valence-corrected chi connectivity index (χ0v) is 13.3. The topological polar surface area (TPSA) is 18.5 Å². The van der Waals surface area contributed by atoms with Gasteiger partial charge in [-0.3, -0.25) is 4.90 Å². The quantitative estimate of drug-likeness (QED) is 0.542. The van der Waals surface area contributed by atoms with Crippen molar-refractivity contribution < 1.29 is 0 Å². The molecule has 0 saturated heterocycles. The molecule has 0 aliphatic rings. The Kier molecular flexibility index (Phi) is 11.9. The summed E-state index contributed by atoms with van der Waals surface area (Å²) in [5.41, 5.74) is 0. The first-order valence-electron chi connectivity index (χ1n) is 7.75. The molecule has 0 aromatic rings. The van der Waals surface area contributed by atoms with E-state index in [0.717, 1.165) is 13.1 Å². The predicted molar refractivity (Wildman–Crippen MR) is 82.3 cm³/mol. The van der Waals surface area contributed by atoms with E-state index in [9.17, 15) is 0 Å². The maximum atomic E-state index is 3.58. The molecule has 1 atom stereocenters. The molecule has 1 N–H and O–H groups in total. The number of hydrogen-bond donors (Lipinski definition) is 1. The van der Waals surface area contributed by atoms with Gasteiger partial charge in [0.1, 0.15) is 0 Å². The molecule has 3 heteroatoms. The Morgan fingerprint density at radius 2 is 1.72 bits per heavy atom. The summed E-state index contributed by atoms with van der Waals surface area (Å²) in [6.07, 6.45) is 5.09. The zero-order valence-electron chi connectivity index (χ0n) is 13.3. The van der Waals surface area contributed by atoms with Crippen molar-refractivity contribution in [1.29, 1.82) is 0 Å². The molecule has 0 heterocycles. The highest BCUT2D eigenvalue weighted by atomic mass is 15.2. The highest BCUT2D eigenvalue weighted by Crippen LogP contribution is 2.07. The van der Waals surface area contributed by atoms with Crippen LogP contribution >= 0.6 is 0 Å². The molecule has 0 fully saturated rings. The fourth-order valence-corrected chi connectivity index (χ4v) is 2.38. The fourth-order valence-electron chi connectivity index (χ4n) is 2.38. The molecule has 0 aliphatic heterocycles. The molecule has 0 bridgehead atoms. The van der Waals surface area contributed by atoms with Crippen molar-refractivity contribution >= 4 is 0 Å². The average molecular weight is 257 g/mol. The van der Waals surface area contributed by atoms with Gasteiger partial charge in [0.05, 0.1) is 0 Å². The van der Waals surface area contributed by atoms with Crippen molar-refractivity contribution in [1.82, 2.24) is 15.1 Å². The molecule has 0 spiro atoms. The maximum absolute atomic E-state index is 3.58. The standard InChI is InChI=1S/C15H35N3/c1-6-10-15(14-16-11-7-2)18(8-3)13-9-12-17(4)5/h15-16H,6-14H2,1-5H3. The van der Waals surface area contributed by atoms with Crippen molar-refractivity contribution in [2.75, 3.05) is 46.8 Å². The summed E-state index contributed by atoms with van der Waals surface area (Å²) in [5.74, 6) is 0. The van der Waals surface area contributed by atoms with E-state index in [-0.39, 0.29) is 0 Å². The van der Waals surface area contributed by atoms with Gasteiger partial charge in [-0.1, -0.05) is 27.2 Å². The Morgan fingerprint density at radius 3 is 2.22 bits per heavy atom. The number of rotatable bonds is 12. The molecular weight excluding hydrogens is 222 g/mol. The molecule has 0 aliphatic carbocycles. The van der Waals surface area contributed by atoms with Gasteiger partial charge >= 0.3 is 0 Å². The normalized spacial score (nSPS) is 13.5. The predicted octanol–water partition coefficient (Wildman–Crippen LogP) is 2.43. The third-order valence-corrected chi connectivity index (χ3v) is 3.40. The number of likely N-dealkylation sites (N-methyl/N-ethyl adjacent to an activating group) is 1. The van der Waals surface area contributed by atoms with Crippen LogP contribution in [0.25, 0.3) is 0 Å². The van der Waals surface area contributed by atoms with Crippen molar-refractivity contribution in [3.63, 3.8) is 0 Å². The lowest BCUT2D eigenvalue weighted by atomic mass is 10.1. The average Bonchev–Trinajstić information content (AvgIpc) is 2.34. The van der Waals surface area contributed by atoms with E-state index >= 15 is 0 Å². The molecule has 3 nitrogen and oxygen atoms in total. The van der Waals surface area contributed by atoms with Crippen LogP contribution in [0.5, 0.6) is 0 Å². The highest BCUT2D eigenvalue weighted by Gasteiger charge is 2.15. The Labute approximate surface area is 115 Å². The summed E-state index contributed by atoms with van der Waals surface area (Å²) in [6.45, 7) is 12.7. The molecule has 0 saturated carbocycles. The molecule has 0 rings (SSSR count). The van der Waals surface area contributed by atoms with Crippen molar-refractivity contribution in [2.24, 2.45) is 0 Å². The van der Waals surface area contributed by atoms with E-state index in [1.165, 1.54) is 45.3 Å². The van der Waals surface area contributed by atoms with Gasteiger partial charge in [-0.15, -0.1) is 0 Å². The first-order chi connectivity index (χ1) is 8.65. The molecule has 0 amide bonds. The van der Waals surface area contributed by atoms with E-state index in [2.05, 4.69) is 50.0 Å². The van der Waals surface area contributed by atoms with Crippen LogP contribution in [0.2, 0.25) is 0 Å². The van der Waals surface area contributed by atoms with Crippen molar-refractivity contribution in [3.8, 4) is 0 Å². The molecule has 1 unspecified atom stereocenters. The maximum Gasteiger partial charge on any atom is 0.0220 e. The van der Waals surface area contributed by atoms with Gasteiger partial charge in [-0.05, 0) is 59.5 Å². The van der Waals surface area contributed by atoms with E-state index in [1.807, 2.05) is 0 Å². The van der Waals surface area contributed by atoms with Crippen molar-refractivity contribution in [2.45, 2.75) is 52.5 Å². The molecular formula is C15H35N3. The number of nitrogens with zero attached hydrogens (tertiary/aromatic N) is 2. The lowest BCUT2D eigenvalue weighted by Gasteiger charge is -2.31. The van der Waals surface area contributed by atoms with Crippen LogP contribution in [-0.2, 0) is 0 Å². The van der Waals surface area contributed by atoms with Crippen LogP contribution in [-0.4, -0.2) is 62.7 Å². The molecule has 0 radical (unpaired) electrons. The Bertz CT molecular complexity index is 171. The SMILES string of the molecule is CCCNCC(CCC)N(CC)CCCN(C)C. The van der Waals surface area contributed by atoms with Crippen molar-refractivity contribution in [3.05, 3.63) is 0 Å². The largest absolute Gasteiger partial charge is 0.315 e. The smallest absolute Gasteiger partial charge is 0.0220 e. The number of hydrogen-bond acceptors (Lipinski definition) is 3. The summed E-state index contributed by atoms with van der Waals surface area (Å²) in [7, 11) is 4.31. The minimum Gasteiger partial charge on any atom is -0.315 e. The molecule has 0 aromatic heterocycles. The second-order valence-corrected chi connectivity index (χ2v) is 5.43. The molecule has 0 aromatic carbocycles. The first kappa shape index (κ1) is 17.9. The van der Waals surface area contributed by atoms with Gasteiger partial charge in [-0.25, -0.2) is 0 Å². The van der Waals surface area contributed by atoms with Gasteiger partial charge in [0, 0.05) is 12.6 Å². The summed E-state index contributed by atoms with van der Waals surface area (Å²) in [6, 6.07) is 0.716. The highest BCUT2D eigenvalue weighted by molar-refractivity contribution is 4.73. The van der Waals surface area contributed by atoms with Crippen LogP contribution in [0.1, 0.15) is 46.5 Å². The molecule has 110 valence electrons. The zero-order chi connectivity index (χ0) is 13.8. The van der Waals surface area contributed by atoms with Gasteiger partial charge in [0.2, 0.25) is 0 Å². The van der Waals surface area contributed by atoms with E-state index in [0.29, 0.717) is 6.04 Å². The Balaban J connectivity index is 4.06. The van der Waals surface area contributed by atoms with Crippen LogP contribution in [0.3, 0.4) is 0 Å². The third kappa shape index (κ3) is 8.90. The van der Waals surface area contributed by atoms with E-state index in [1.54, 1.807) is 0 Å². The minimum absolute atomic E-state index is 0.716. The lowest BCUT2D eigenvalue weighted by Crippen LogP contribution is -2.43. The van der Waals surface area contributed by atoms with Crippen LogP contribution < -0.4 is 5.32 Å². The Morgan fingerprint density at radius 1 is 1.00 bits per heavy atom. The fraction of sp³-hybridized carbons (Fsp3) is 1.00. The van der Waals surface area contributed by atoms with Gasteiger partial charge < -0.3 is 10.2 Å². The van der Waals surface area contributed by atoms with Crippen LogP contribution in [0, 0.1) is 0 Å². The van der Waals surface area contributed by atoms with E-state index < -0.39 is 0 Å².